The molecular formula is C37H50N8O3. The third-order valence-electron chi connectivity index (χ3n) is 11.3. The molecule has 0 spiro atoms. The van der Waals surface area contributed by atoms with Crippen molar-refractivity contribution < 1.29 is 14.4 Å². The second kappa shape index (κ2) is 14.3. The van der Waals surface area contributed by atoms with Crippen molar-refractivity contribution in [1.29, 1.82) is 0 Å². The molecule has 1 atom stereocenters. The van der Waals surface area contributed by atoms with Crippen molar-refractivity contribution in [2.45, 2.75) is 64.0 Å². The number of para-hydroxylation sites is 1. The number of aromatic nitrogens is 2. The number of piperidine rings is 2. The summed E-state index contributed by atoms with van der Waals surface area (Å²) < 4.78 is 0. The lowest BCUT2D eigenvalue weighted by Gasteiger charge is -2.43. The van der Waals surface area contributed by atoms with E-state index >= 15 is 0 Å². The van der Waals surface area contributed by atoms with Crippen LogP contribution in [0.15, 0.2) is 42.6 Å². The van der Waals surface area contributed by atoms with Crippen LogP contribution in [0.4, 0.5) is 10.5 Å². The first-order valence-corrected chi connectivity index (χ1v) is 17.9. The number of urea groups is 1. The minimum atomic E-state index is -0.427. The van der Waals surface area contributed by atoms with Gasteiger partial charge in [-0.3, -0.25) is 19.6 Å². The van der Waals surface area contributed by atoms with Gasteiger partial charge in [0.25, 0.3) is 0 Å². The summed E-state index contributed by atoms with van der Waals surface area (Å²) in [5.74, 6) is -0.304. The number of benzene rings is 2. The largest absolute Gasteiger partial charge is 0.343 e. The Balaban J connectivity index is 0.996. The first-order chi connectivity index (χ1) is 23.3. The van der Waals surface area contributed by atoms with E-state index in [-0.39, 0.29) is 30.3 Å². The minimum absolute atomic E-state index is 0.0330. The maximum Gasteiger partial charge on any atom is 0.322 e. The summed E-state index contributed by atoms with van der Waals surface area (Å²) in [5, 5.41) is 11.4. The molecule has 2 N–H and O–H groups in total. The van der Waals surface area contributed by atoms with E-state index in [1.54, 1.807) is 0 Å². The van der Waals surface area contributed by atoms with Crippen LogP contribution in [0.2, 0.25) is 0 Å². The predicted octanol–water partition coefficient (Wildman–Crippen LogP) is 3.74. The minimum Gasteiger partial charge on any atom is -0.343 e. The maximum atomic E-state index is 14.2. The molecule has 3 fully saturated rings. The Kier molecular flexibility index (Phi) is 9.68. The van der Waals surface area contributed by atoms with Crippen molar-refractivity contribution in [2.24, 2.45) is 5.92 Å². The highest BCUT2D eigenvalue weighted by molar-refractivity contribution is 5.91. The van der Waals surface area contributed by atoms with Gasteiger partial charge in [0.05, 0.1) is 17.6 Å². The molecular weight excluding hydrogens is 604 g/mol. The van der Waals surface area contributed by atoms with Gasteiger partial charge in [0.15, 0.2) is 0 Å². The Bertz CT molecular complexity index is 1620. The number of aryl methyl sites for hydroxylation is 1. The van der Waals surface area contributed by atoms with Crippen LogP contribution in [0, 0.1) is 12.8 Å². The molecule has 4 aliphatic rings. The zero-order chi connectivity index (χ0) is 33.2. The number of carbonyl (C=O) groups is 3. The number of carbonyl (C=O) groups excluding carboxylic acids is 3. The SMILES string of the molecule is Cc1cc(CC(CC(=O)N2CCC(N3CCc4ccccc4NC3=O)CC2)C(=O)N2CCN(C3CCN(C)CC3)CC2)cc2cn[nH]c12. The summed E-state index contributed by atoms with van der Waals surface area (Å²) in [7, 11) is 2.19. The quantitative estimate of drug-likeness (QED) is 0.402. The molecule has 1 unspecified atom stereocenters. The van der Waals surface area contributed by atoms with Gasteiger partial charge in [-0.25, -0.2) is 4.79 Å². The van der Waals surface area contributed by atoms with Crippen LogP contribution in [-0.2, 0) is 22.4 Å². The fraction of sp³-hybridized carbons (Fsp3) is 0.568. The lowest BCUT2D eigenvalue weighted by atomic mass is 9.91. The molecule has 2 aromatic carbocycles. The first-order valence-electron chi connectivity index (χ1n) is 17.9. The Labute approximate surface area is 283 Å². The van der Waals surface area contributed by atoms with Gasteiger partial charge in [0, 0.05) is 75.4 Å². The van der Waals surface area contributed by atoms with E-state index in [4.69, 9.17) is 0 Å². The van der Waals surface area contributed by atoms with Crippen LogP contribution >= 0.6 is 0 Å². The van der Waals surface area contributed by atoms with Gasteiger partial charge < -0.3 is 24.9 Å². The Hall–Kier alpha value is -3.96. The zero-order valence-electron chi connectivity index (χ0n) is 28.5. The van der Waals surface area contributed by atoms with E-state index < -0.39 is 5.92 Å². The number of fused-ring (bicyclic) bond motifs is 2. The molecule has 5 heterocycles. The van der Waals surface area contributed by atoms with Crippen LogP contribution in [0.5, 0.6) is 0 Å². The van der Waals surface area contributed by atoms with Crippen molar-refractivity contribution >= 4 is 34.4 Å². The molecule has 256 valence electrons. The van der Waals surface area contributed by atoms with Gasteiger partial charge in [-0.1, -0.05) is 24.3 Å². The Morgan fingerprint density at radius 2 is 1.62 bits per heavy atom. The van der Waals surface area contributed by atoms with Gasteiger partial charge in [0.2, 0.25) is 11.8 Å². The predicted molar refractivity (Wildman–Crippen MR) is 187 cm³/mol. The van der Waals surface area contributed by atoms with E-state index in [1.165, 1.54) is 12.8 Å². The number of aromatic amines is 1. The number of rotatable bonds is 7. The standard InChI is InChI=1S/C37H50N8O3/c1-26-21-27(23-30-25-38-40-35(26)30)22-29(36(47)44-19-17-42(18-20-44)31-8-12-41(2)13-9-31)24-34(46)43-14-10-32(11-15-43)45-16-7-28-5-3-4-6-33(28)39-37(45)48/h3-6,21,23,25,29,31-32H,7-20,22,24H2,1-2H3,(H,38,40)(H,39,48). The van der Waals surface area contributed by atoms with Crippen molar-refractivity contribution in [3.63, 3.8) is 0 Å². The lowest BCUT2D eigenvalue weighted by molar-refractivity contribution is -0.143. The molecule has 48 heavy (non-hydrogen) atoms. The topological polar surface area (TPSA) is 108 Å². The van der Waals surface area contributed by atoms with Crippen LogP contribution < -0.4 is 5.32 Å². The lowest BCUT2D eigenvalue weighted by Crippen LogP contribution is -2.55. The molecule has 0 bridgehead atoms. The molecule has 0 aliphatic carbocycles. The number of nitrogens with zero attached hydrogens (tertiary/aromatic N) is 6. The molecule has 4 aliphatic heterocycles. The smallest absolute Gasteiger partial charge is 0.322 e. The summed E-state index contributed by atoms with van der Waals surface area (Å²) >= 11 is 0. The van der Waals surface area contributed by atoms with Crippen LogP contribution in [0.3, 0.4) is 0 Å². The average molecular weight is 655 g/mol. The van der Waals surface area contributed by atoms with Crippen molar-refractivity contribution in [2.75, 3.05) is 71.3 Å². The number of H-pyrrole nitrogens is 1. The number of piperazine rings is 1. The second-order valence-electron chi connectivity index (χ2n) is 14.4. The molecule has 3 saturated heterocycles. The van der Waals surface area contributed by atoms with E-state index in [9.17, 15) is 14.4 Å². The average Bonchev–Trinajstić information content (AvgIpc) is 3.52. The van der Waals surface area contributed by atoms with E-state index in [0.717, 1.165) is 78.7 Å². The third-order valence-corrected chi connectivity index (χ3v) is 11.3. The first kappa shape index (κ1) is 32.6. The maximum absolute atomic E-state index is 14.2. The van der Waals surface area contributed by atoms with Crippen LogP contribution in [0.1, 0.15) is 48.8 Å². The summed E-state index contributed by atoms with van der Waals surface area (Å²) in [5.41, 5.74) is 5.20. The zero-order valence-corrected chi connectivity index (χ0v) is 28.5. The molecule has 11 nitrogen and oxygen atoms in total. The Morgan fingerprint density at radius 1 is 0.896 bits per heavy atom. The summed E-state index contributed by atoms with van der Waals surface area (Å²) in [6.07, 6.45) is 7.20. The number of nitrogens with one attached hydrogen (secondary N) is 2. The second-order valence-corrected chi connectivity index (χ2v) is 14.4. The number of likely N-dealkylation sites (tertiary alicyclic amines) is 2. The molecule has 11 heteroatoms. The number of hydrogen-bond donors (Lipinski definition) is 2. The van der Waals surface area contributed by atoms with Crippen molar-refractivity contribution in [3.05, 3.63) is 59.3 Å². The fourth-order valence-corrected chi connectivity index (χ4v) is 8.39. The van der Waals surface area contributed by atoms with Crippen LogP contribution in [-0.4, -0.2) is 131 Å². The van der Waals surface area contributed by atoms with E-state index in [2.05, 4.69) is 57.5 Å². The third kappa shape index (κ3) is 7.08. The summed E-state index contributed by atoms with van der Waals surface area (Å²) in [6, 6.07) is 12.8. The van der Waals surface area contributed by atoms with Gasteiger partial charge in [-0.2, -0.15) is 5.10 Å². The van der Waals surface area contributed by atoms with E-state index in [0.29, 0.717) is 45.2 Å². The van der Waals surface area contributed by atoms with Gasteiger partial charge in [0.1, 0.15) is 0 Å². The fourth-order valence-electron chi connectivity index (χ4n) is 8.39. The van der Waals surface area contributed by atoms with Crippen molar-refractivity contribution in [3.8, 4) is 0 Å². The van der Waals surface area contributed by atoms with Crippen LogP contribution in [0.25, 0.3) is 10.9 Å². The van der Waals surface area contributed by atoms with Gasteiger partial charge >= 0.3 is 6.03 Å². The highest BCUT2D eigenvalue weighted by Crippen LogP contribution is 2.27. The normalized spacial score (nSPS) is 21.2. The molecule has 3 aromatic rings. The Morgan fingerprint density at radius 3 is 2.40 bits per heavy atom. The molecule has 0 radical (unpaired) electrons. The summed E-state index contributed by atoms with van der Waals surface area (Å²) in [6.45, 7) is 9.38. The molecule has 1 aromatic heterocycles. The summed E-state index contributed by atoms with van der Waals surface area (Å²) in [4.78, 5) is 52.1. The monoisotopic (exact) mass is 654 g/mol. The van der Waals surface area contributed by atoms with E-state index in [1.807, 2.05) is 39.1 Å². The highest BCUT2D eigenvalue weighted by atomic mass is 16.2. The molecule has 7 rings (SSSR count). The molecule has 0 saturated carbocycles. The highest BCUT2D eigenvalue weighted by Gasteiger charge is 2.35. The van der Waals surface area contributed by atoms with Crippen molar-refractivity contribution in [1.82, 2.24) is 34.7 Å². The number of anilines is 1. The number of hydrogen-bond acceptors (Lipinski definition) is 6. The van der Waals surface area contributed by atoms with Gasteiger partial charge in [-0.05, 0) is 94.4 Å². The number of amides is 4. The molecule has 4 amide bonds. The van der Waals surface area contributed by atoms with Gasteiger partial charge in [-0.15, -0.1) is 0 Å².